The third-order valence-corrected chi connectivity index (χ3v) is 5.10. The molecule has 0 bridgehead atoms. The molecule has 2 nitrogen and oxygen atoms in total. The van der Waals surface area contributed by atoms with Gasteiger partial charge in [0.2, 0.25) is 0 Å². The van der Waals surface area contributed by atoms with Crippen molar-refractivity contribution in [2.75, 3.05) is 6.54 Å². The lowest BCUT2D eigenvalue weighted by Gasteiger charge is -2.08. The van der Waals surface area contributed by atoms with Crippen LogP contribution in [0.15, 0.2) is 33.2 Å². The summed E-state index contributed by atoms with van der Waals surface area (Å²) in [6, 6.07) is 8.18. The second kappa shape index (κ2) is 7.59. The van der Waals surface area contributed by atoms with E-state index < -0.39 is 0 Å². The smallest absolute Gasteiger partial charge is 0.134 e. The summed E-state index contributed by atoms with van der Waals surface area (Å²) in [7, 11) is 0. The van der Waals surface area contributed by atoms with Gasteiger partial charge in [-0.05, 0) is 53.7 Å². The average molecular weight is 419 g/mol. The number of benzene rings is 1. The van der Waals surface area contributed by atoms with Crippen molar-refractivity contribution in [1.29, 1.82) is 0 Å². The molecule has 0 spiro atoms. The minimum Gasteiger partial charge on any atom is -0.488 e. The molecule has 1 N–H and O–H groups in total. The standard InChI is InChI=1S/C15H17Br2NOS/c1-3-18-8-13-6-11(10(2)20-13)9-19-15-5-4-12(16)7-14(15)17/h4-7,18H,3,8-9H2,1-2H3. The van der Waals surface area contributed by atoms with Gasteiger partial charge in [-0.15, -0.1) is 11.3 Å². The molecule has 2 aromatic rings. The van der Waals surface area contributed by atoms with E-state index in [1.54, 1.807) is 0 Å². The van der Waals surface area contributed by atoms with Crippen molar-refractivity contribution in [3.63, 3.8) is 0 Å². The number of nitrogens with one attached hydrogen (secondary N) is 1. The molecule has 0 saturated heterocycles. The van der Waals surface area contributed by atoms with Crippen molar-refractivity contribution < 1.29 is 4.74 Å². The van der Waals surface area contributed by atoms with Crippen molar-refractivity contribution in [2.24, 2.45) is 0 Å². The van der Waals surface area contributed by atoms with Crippen molar-refractivity contribution in [3.05, 3.63) is 48.5 Å². The van der Waals surface area contributed by atoms with Crippen molar-refractivity contribution in [3.8, 4) is 5.75 Å². The van der Waals surface area contributed by atoms with E-state index in [0.29, 0.717) is 6.61 Å². The topological polar surface area (TPSA) is 21.3 Å². The van der Waals surface area contributed by atoms with E-state index in [9.17, 15) is 0 Å². The van der Waals surface area contributed by atoms with Crippen LogP contribution in [0.5, 0.6) is 5.75 Å². The minimum absolute atomic E-state index is 0.606. The zero-order valence-corrected chi connectivity index (χ0v) is 15.5. The molecule has 0 aliphatic carbocycles. The van der Waals surface area contributed by atoms with E-state index in [-0.39, 0.29) is 0 Å². The summed E-state index contributed by atoms with van der Waals surface area (Å²) >= 11 is 8.79. The van der Waals surface area contributed by atoms with Gasteiger partial charge < -0.3 is 10.1 Å². The fraction of sp³-hybridized carbons (Fsp3) is 0.333. The first-order valence-electron chi connectivity index (χ1n) is 6.47. The van der Waals surface area contributed by atoms with Gasteiger partial charge >= 0.3 is 0 Å². The molecule has 2 rings (SSSR count). The molecule has 1 heterocycles. The zero-order chi connectivity index (χ0) is 14.5. The number of halogens is 2. The van der Waals surface area contributed by atoms with E-state index in [1.807, 2.05) is 29.5 Å². The Morgan fingerprint density at radius 2 is 2.05 bits per heavy atom. The van der Waals surface area contributed by atoms with Crippen LogP contribution in [0.25, 0.3) is 0 Å². The normalized spacial score (nSPS) is 10.8. The predicted octanol–water partition coefficient (Wildman–Crippen LogP) is 5.27. The molecule has 20 heavy (non-hydrogen) atoms. The van der Waals surface area contributed by atoms with Crippen LogP contribution in [0.3, 0.4) is 0 Å². The molecule has 0 aliphatic heterocycles. The van der Waals surface area contributed by atoms with Gasteiger partial charge in [-0.25, -0.2) is 0 Å². The minimum atomic E-state index is 0.606. The van der Waals surface area contributed by atoms with Gasteiger partial charge in [0.05, 0.1) is 4.47 Å². The van der Waals surface area contributed by atoms with Gasteiger partial charge in [0.25, 0.3) is 0 Å². The Morgan fingerprint density at radius 1 is 1.25 bits per heavy atom. The number of ether oxygens (including phenoxy) is 1. The summed E-state index contributed by atoms with van der Waals surface area (Å²) in [6.45, 7) is 6.80. The Labute approximate surface area is 140 Å². The van der Waals surface area contributed by atoms with Crippen molar-refractivity contribution in [1.82, 2.24) is 5.32 Å². The van der Waals surface area contributed by atoms with Crippen LogP contribution >= 0.6 is 43.2 Å². The Bertz CT molecular complexity index is 583. The zero-order valence-electron chi connectivity index (χ0n) is 11.5. The molecule has 0 atom stereocenters. The van der Waals surface area contributed by atoms with E-state index in [0.717, 1.165) is 27.8 Å². The number of thiophene rings is 1. The molecule has 5 heteroatoms. The molecular formula is C15H17Br2NOS. The summed E-state index contributed by atoms with van der Waals surface area (Å²) in [6.07, 6.45) is 0. The molecule has 108 valence electrons. The molecule has 0 unspecified atom stereocenters. The highest BCUT2D eigenvalue weighted by Crippen LogP contribution is 2.30. The Balaban J connectivity index is 2.01. The Morgan fingerprint density at radius 3 is 2.75 bits per heavy atom. The Hall–Kier alpha value is -0.360. The van der Waals surface area contributed by atoms with E-state index in [4.69, 9.17) is 4.74 Å². The summed E-state index contributed by atoms with van der Waals surface area (Å²) in [5, 5.41) is 3.35. The van der Waals surface area contributed by atoms with Gasteiger partial charge in [0.15, 0.2) is 0 Å². The first-order chi connectivity index (χ1) is 9.60. The maximum absolute atomic E-state index is 5.90. The first kappa shape index (κ1) is 16.0. The average Bonchev–Trinajstić information content (AvgIpc) is 2.76. The van der Waals surface area contributed by atoms with Crippen LogP contribution in [0.1, 0.15) is 22.2 Å². The van der Waals surface area contributed by atoms with Gasteiger partial charge in [-0.2, -0.15) is 0 Å². The first-order valence-corrected chi connectivity index (χ1v) is 8.87. The second-order valence-electron chi connectivity index (χ2n) is 4.44. The maximum Gasteiger partial charge on any atom is 0.134 e. The van der Waals surface area contributed by atoms with E-state index in [2.05, 4.69) is 57.1 Å². The summed E-state index contributed by atoms with van der Waals surface area (Å²) in [4.78, 5) is 2.68. The van der Waals surface area contributed by atoms with Crippen LogP contribution in [0.2, 0.25) is 0 Å². The molecule has 0 fully saturated rings. The molecule has 0 aliphatic rings. The summed E-state index contributed by atoms with van der Waals surface area (Å²) < 4.78 is 7.90. The maximum atomic E-state index is 5.90. The van der Waals surface area contributed by atoms with Gasteiger partial charge in [-0.3, -0.25) is 0 Å². The highest BCUT2D eigenvalue weighted by molar-refractivity contribution is 9.11. The van der Waals surface area contributed by atoms with Crippen LogP contribution < -0.4 is 10.1 Å². The van der Waals surface area contributed by atoms with Gasteiger partial charge in [0.1, 0.15) is 12.4 Å². The lowest BCUT2D eigenvalue weighted by Crippen LogP contribution is -2.10. The van der Waals surface area contributed by atoms with E-state index >= 15 is 0 Å². The number of hydrogen-bond donors (Lipinski definition) is 1. The molecular weight excluding hydrogens is 402 g/mol. The lowest BCUT2D eigenvalue weighted by molar-refractivity contribution is 0.304. The third-order valence-electron chi connectivity index (χ3n) is 2.90. The van der Waals surface area contributed by atoms with Crippen LogP contribution in [0, 0.1) is 6.92 Å². The van der Waals surface area contributed by atoms with Crippen LogP contribution in [0.4, 0.5) is 0 Å². The monoisotopic (exact) mass is 417 g/mol. The number of rotatable bonds is 6. The SMILES string of the molecule is CCNCc1cc(COc2ccc(Br)cc2Br)c(C)s1. The number of aryl methyl sites for hydroxylation is 1. The summed E-state index contributed by atoms with van der Waals surface area (Å²) in [5.74, 6) is 0.868. The molecule has 0 amide bonds. The summed E-state index contributed by atoms with van der Waals surface area (Å²) in [5.41, 5.74) is 1.26. The number of hydrogen-bond acceptors (Lipinski definition) is 3. The predicted molar refractivity (Wildman–Crippen MR) is 92.6 cm³/mol. The van der Waals surface area contributed by atoms with Gasteiger partial charge in [-0.1, -0.05) is 22.9 Å². The fourth-order valence-corrected chi connectivity index (χ4v) is 3.99. The highest BCUT2D eigenvalue weighted by Gasteiger charge is 2.08. The largest absolute Gasteiger partial charge is 0.488 e. The third kappa shape index (κ3) is 4.32. The molecule has 1 aromatic heterocycles. The molecule has 0 saturated carbocycles. The molecule has 0 radical (unpaired) electrons. The van der Waals surface area contributed by atoms with Gasteiger partial charge in [0, 0.05) is 26.3 Å². The molecule has 1 aromatic carbocycles. The lowest BCUT2D eigenvalue weighted by atomic mass is 10.2. The highest BCUT2D eigenvalue weighted by atomic mass is 79.9. The van der Waals surface area contributed by atoms with Crippen LogP contribution in [-0.4, -0.2) is 6.54 Å². The van der Waals surface area contributed by atoms with Crippen LogP contribution in [-0.2, 0) is 13.2 Å². The van der Waals surface area contributed by atoms with Crippen molar-refractivity contribution in [2.45, 2.75) is 27.0 Å². The quantitative estimate of drug-likeness (QED) is 0.689. The van der Waals surface area contributed by atoms with Crippen molar-refractivity contribution >= 4 is 43.2 Å². The Kier molecular flexibility index (Phi) is 6.08. The fourth-order valence-electron chi connectivity index (χ4n) is 1.81. The second-order valence-corrected chi connectivity index (χ2v) is 7.55. The van der Waals surface area contributed by atoms with E-state index in [1.165, 1.54) is 15.3 Å².